The van der Waals surface area contributed by atoms with Crippen molar-refractivity contribution in [2.75, 3.05) is 6.61 Å². The zero-order valence-electron chi connectivity index (χ0n) is 12.9. The summed E-state index contributed by atoms with van der Waals surface area (Å²) < 4.78 is 4.03. The maximum absolute atomic E-state index is 12.4. The Hall–Kier alpha value is -1.52. The van der Waals surface area contributed by atoms with Crippen LogP contribution in [0.3, 0.4) is 0 Å². The number of fused-ring (bicyclic) bond motifs is 1. The van der Waals surface area contributed by atoms with E-state index in [4.69, 9.17) is 27.9 Å². The molecular weight excluding hydrogens is 337 g/mol. The minimum absolute atomic E-state index is 0.253. The van der Waals surface area contributed by atoms with E-state index in [1.165, 1.54) is 0 Å². The summed E-state index contributed by atoms with van der Waals surface area (Å²) in [6.07, 6.45) is 2.86. The molecule has 1 N–H and O–H groups in total. The summed E-state index contributed by atoms with van der Waals surface area (Å²) in [6.45, 7) is 3.38. The fraction of sp³-hybridized carbons (Fsp3) is 0.412. The lowest BCUT2D eigenvalue weighted by atomic mass is 10.1. The van der Waals surface area contributed by atoms with Gasteiger partial charge in [0.1, 0.15) is 9.75 Å². The molecular formula is C17H17Cl2NO3. The molecule has 0 saturated heterocycles. The number of ether oxygens (including phenoxy) is 1. The molecule has 1 aromatic heterocycles. The Labute approximate surface area is 144 Å². The third kappa shape index (κ3) is 2.64. The number of aromatic amines is 1. The number of ketones is 1. The summed E-state index contributed by atoms with van der Waals surface area (Å²) in [7, 11) is 0. The molecule has 0 amide bonds. The predicted molar refractivity (Wildman–Crippen MR) is 90.1 cm³/mol. The topological polar surface area (TPSA) is 59.2 Å². The van der Waals surface area contributed by atoms with Crippen molar-refractivity contribution in [1.82, 2.24) is 4.98 Å². The molecule has 6 heteroatoms. The van der Waals surface area contributed by atoms with Crippen LogP contribution < -0.4 is 0 Å². The minimum atomic E-state index is -1.09. The summed E-state index contributed by atoms with van der Waals surface area (Å²) in [5.74, 6) is -0.790. The first-order chi connectivity index (χ1) is 10.8. The summed E-state index contributed by atoms with van der Waals surface area (Å²) in [4.78, 5) is 27.5. The SMILES string of the molecule is CCc1cccc2c(C(=O)COC(=O)[C@]3(C)CC3(Cl)Cl)c[nH]c12. The number of halogens is 2. The number of nitrogens with one attached hydrogen (secondary N) is 1. The number of carbonyl (C=O) groups excluding carboxylic acids is 2. The van der Waals surface area contributed by atoms with Crippen LogP contribution in [-0.4, -0.2) is 27.7 Å². The summed E-state index contributed by atoms with van der Waals surface area (Å²) >= 11 is 11.9. The monoisotopic (exact) mass is 353 g/mol. The molecule has 0 unspecified atom stereocenters. The second-order valence-electron chi connectivity index (χ2n) is 6.11. The number of carbonyl (C=O) groups is 2. The third-order valence-corrected chi connectivity index (χ3v) is 5.63. The standard InChI is InChI=1S/C17H17Cl2NO3/c1-3-10-5-4-6-11-12(7-20-14(10)11)13(21)8-23-15(22)16(2)9-17(16,18)19/h4-7,20H,3,8-9H2,1-2H3/t16-/m0/s1. The van der Waals surface area contributed by atoms with Crippen LogP contribution in [-0.2, 0) is 16.0 Å². The van der Waals surface area contributed by atoms with Crippen LogP contribution in [0.25, 0.3) is 10.9 Å². The quantitative estimate of drug-likeness (QED) is 0.501. The van der Waals surface area contributed by atoms with Crippen LogP contribution in [0.2, 0.25) is 0 Å². The summed E-state index contributed by atoms with van der Waals surface area (Å²) in [5, 5.41) is 0.840. The molecule has 1 aliphatic carbocycles. The maximum Gasteiger partial charge on any atom is 0.315 e. The van der Waals surface area contributed by atoms with Gasteiger partial charge in [0.25, 0.3) is 0 Å². The number of rotatable bonds is 5. The van der Waals surface area contributed by atoms with Gasteiger partial charge < -0.3 is 9.72 Å². The molecule has 122 valence electrons. The Morgan fingerprint density at radius 2 is 2.04 bits per heavy atom. The van der Waals surface area contributed by atoms with E-state index >= 15 is 0 Å². The van der Waals surface area contributed by atoms with Gasteiger partial charge in [-0.2, -0.15) is 0 Å². The van der Waals surface area contributed by atoms with Gasteiger partial charge in [-0.15, -0.1) is 23.2 Å². The van der Waals surface area contributed by atoms with Crippen molar-refractivity contribution in [1.29, 1.82) is 0 Å². The van der Waals surface area contributed by atoms with Crippen LogP contribution in [0.4, 0.5) is 0 Å². The van der Waals surface area contributed by atoms with Gasteiger partial charge in [-0.1, -0.05) is 25.1 Å². The van der Waals surface area contributed by atoms with E-state index in [9.17, 15) is 9.59 Å². The Morgan fingerprint density at radius 3 is 2.65 bits per heavy atom. The lowest BCUT2D eigenvalue weighted by Gasteiger charge is -2.11. The van der Waals surface area contributed by atoms with E-state index in [1.807, 2.05) is 18.2 Å². The molecule has 1 saturated carbocycles. The van der Waals surface area contributed by atoms with Gasteiger partial charge in [-0.25, -0.2) is 0 Å². The van der Waals surface area contributed by atoms with Gasteiger partial charge in [0.15, 0.2) is 6.61 Å². The van der Waals surface area contributed by atoms with E-state index < -0.39 is 15.7 Å². The van der Waals surface area contributed by atoms with E-state index in [2.05, 4.69) is 11.9 Å². The van der Waals surface area contributed by atoms with Crippen molar-refractivity contribution >= 4 is 45.9 Å². The number of aromatic nitrogens is 1. The van der Waals surface area contributed by atoms with Gasteiger partial charge >= 0.3 is 5.97 Å². The molecule has 2 aromatic rings. The first-order valence-corrected chi connectivity index (χ1v) is 8.23. The van der Waals surface area contributed by atoms with Crippen molar-refractivity contribution < 1.29 is 14.3 Å². The Kier molecular flexibility index (Phi) is 3.93. The lowest BCUT2D eigenvalue weighted by molar-refractivity contribution is -0.148. The first-order valence-electron chi connectivity index (χ1n) is 7.47. The molecule has 0 spiro atoms. The number of Topliss-reactive ketones (excluding diaryl/α,β-unsaturated/α-hetero) is 1. The molecule has 0 radical (unpaired) electrons. The van der Waals surface area contributed by atoms with Crippen LogP contribution in [0.1, 0.15) is 36.2 Å². The molecule has 23 heavy (non-hydrogen) atoms. The van der Waals surface area contributed by atoms with Gasteiger partial charge in [0.2, 0.25) is 5.78 Å². The average Bonchev–Trinajstić information content (AvgIpc) is 2.88. The maximum atomic E-state index is 12.4. The van der Waals surface area contributed by atoms with E-state index in [-0.39, 0.29) is 12.4 Å². The fourth-order valence-corrected chi connectivity index (χ4v) is 3.42. The first kappa shape index (κ1) is 16.3. The number of para-hydroxylation sites is 1. The highest BCUT2D eigenvalue weighted by Gasteiger charge is 2.69. The second-order valence-corrected chi connectivity index (χ2v) is 7.59. The molecule has 1 aliphatic rings. The van der Waals surface area contributed by atoms with Gasteiger partial charge in [-0.3, -0.25) is 9.59 Å². The number of esters is 1. The van der Waals surface area contributed by atoms with Crippen LogP contribution in [0.15, 0.2) is 24.4 Å². The molecule has 4 nitrogen and oxygen atoms in total. The van der Waals surface area contributed by atoms with Gasteiger partial charge in [0, 0.05) is 29.1 Å². The highest BCUT2D eigenvalue weighted by molar-refractivity contribution is 6.53. The Bertz CT molecular complexity index is 796. The fourth-order valence-electron chi connectivity index (χ4n) is 2.73. The van der Waals surface area contributed by atoms with Crippen LogP contribution in [0, 0.1) is 5.41 Å². The summed E-state index contributed by atoms with van der Waals surface area (Å²) in [6, 6.07) is 5.81. The highest BCUT2D eigenvalue weighted by atomic mass is 35.5. The van der Waals surface area contributed by atoms with E-state index in [0.717, 1.165) is 22.9 Å². The normalized spacial score (nSPS) is 22.1. The Balaban J connectivity index is 1.74. The largest absolute Gasteiger partial charge is 0.457 e. The third-order valence-electron chi connectivity index (χ3n) is 4.53. The molecule has 3 rings (SSSR count). The van der Waals surface area contributed by atoms with Crippen molar-refractivity contribution in [3.05, 3.63) is 35.5 Å². The zero-order chi connectivity index (χ0) is 16.8. The minimum Gasteiger partial charge on any atom is -0.457 e. The zero-order valence-corrected chi connectivity index (χ0v) is 14.4. The van der Waals surface area contributed by atoms with Gasteiger partial charge in [0.05, 0.1) is 0 Å². The smallest absolute Gasteiger partial charge is 0.315 e. The number of alkyl halides is 2. The van der Waals surface area contributed by atoms with E-state index in [0.29, 0.717) is 12.0 Å². The number of hydrogen-bond donors (Lipinski definition) is 1. The van der Waals surface area contributed by atoms with Crippen molar-refractivity contribution in [3.63, 3.8) is 0 Å². The molecule has 1 atom stereocenters. The number of aryl methyl sites for hydroxylation is 1. The van der Waals surface area contributed by atoms with Crippen LogP contribution >= 0.6 is 23.2 Å². The predicted octanol–water partition coefficient (Wildman–Crippen LogP) is 4.04. The number of H-pyrrole nitrogens is 1. The number of benzene rings is 1. The van der Waals surface area contributed by atoms with Gasteiger partial charge in [-0.05, 0) is 18.9 Å². The lowest BCUT2D eigenvalue weighted by Crippen LogP contribution is -2.24. The van der Waals surface area contributed by atoms with Crippen molar-refractivity contribution in [3.8, 4) is 0 Å². The Morgan fingerprint density at radius 1 is 1.35 bits per heavy atom. The average molecular weight is 354 g/mol. The molecule has 0 bridgehead atoms. The molecule has 1 fully saturated rings. The van der Waals surface area contributed by atoms with Crippen molar-refractivity contribution in [2.24, 2.45) is 5.41 Å². The molecule has 1 heterocycles. The van der Waals surface area contributed by atoms with Crippen molar-refractivity contribution in [2.45, 2.75) is 31.0 Å². The number of hydrogen-bond acceptors (Lipinski definition) is 3. The van der Waals surface area contributed by atoms with E-state index in [1.54, 1.807) is 13.1 Å². The van der Waals surface area contributed by atoms with Crippen LogP contribution in [0.5, 0.6) is 0 Å². The molecule has 1 aromatic carbocycles. The second kappa shape index (κ2) is 5.53. The summed E-state index contributed by atoms with van der Waals surface area (Å²) in [5.41, 5.74) is 1.68. The molecule has 0 aliphatic heterocycles. The highest BCUT2D eigenvalue weighted by Crippen LogP contribution is 2.64.